The lowest BCUT2D eigenvalue weighted by molar-refractivity contribution is -0.384. The number of nitrogens with zero attached hydrogens (tertiary/aromatic N) is 2. The van der Waals surface area contributed by atoms with Gasteiger partial charge < -0.3 is 4.74 Å². The zero-order chi connectivity index (χ0) is 20.5. The van der Waals surface area contributed by atoms with E-state index in [2.05, 4.69) is 4.99 Å². The van der Waals surface area contributed by atoms with Gasteiger partial charge in [0.05, 0.1) is 4.92 Å². The molecule has 1 heterocycles. The Hall–Kier alpha value is -2.83. The molecule has 7 heteroatoms. The number of benzene rings is 1. The second kappa shape index (κ2) is 7.89. The van der Waals surface area contributed by atoms with Crippen molar-refractivity contribution in [2.24, 2.45) is 10.9 Å². The Bertz CT molecular complexity index is 927. The van der Waals surface area contributed by atoms with E-state index in [0.29, 0.717) is 35.4 Å². The van der Waals surface area contributed by atoms with Crippen LogP contribution in [0.3, 0.4) is 0 Å². The number of ketones is 1. The molecular formula is C22H24N2O5. The number of hydrogen-bond donors (Lipinski definition) is 0. The van der Waals surface area contributed by atoms with Crippen LogP contribution in [-0.4, -0.2) is 28.5 Å². The first kappa shape index (κ1) is 19.5. The average Bonchev–Trinajstić information content (AvgIpc) is 3.20. The van der Waals surface area contributed by atoms with Crippen molar-refractivity contribution in [2.45, 2.75) is 63.9 Å². The summed E-state index contributed by atoms with van der Waals surface area (Å²) in [5.74, 6) is -1.75. The summed E-state index contributed by atoms with van der Waals surface area (Å²) in [7, 11) is 0. The molecule has 2 atom stereocenters. The van der Waals surface area contributed by atoms with Gasteiger partial charge in [-0.05, 0) is 51.0 Å². The molecule has 1 saturated carbocycles. The maximum absolute atomic E-state index is 13.2. The summed E-state index contributed by atoms with van der Waals surface area (Å²) in [5, 5.41) is 11.3. The first-order valence-corrected chi connectivity index (χ1v) is 10.2. The number of non-ortho nitro benzene ring substituents is 1. The molecule has 2 aliphatic carbocycles. The largest absolute Gasteiger partial charge is 0.462 e. The second-order valence-electron chi connectivity index (χ2n) is 8.04. The number of carbonyl (C=O) groups excluding carboxylic acids is 2. The maximum atomic E-state index is 13.2. The molecule has 3 aliphatic rings. The van der Waals surface area contributed by atoms with E-state index in [-0.39, 0.29) is 23.5 Å². The van der Waals surface area contributed by atoms with Crippen molar-refractivity contribution in [1.29, 1.82) is 0 Å². The maximum Gasteiger partial charge on any atom is 0.315 e. The molecule has 1 aromatic rings. The number of rotatable bonds is 4. The molecule has 0 bridgehead atoms. The molecule has 0 radical (unpaired) electrons. The van der Waals surface area contributed by atoms with Gasteiger partial charge in [0.25, 0.3) is 5.69 Å². The van der Waals surface area contributed by atoms with E-state index in [1.165, 1.54) is 12.1 Å². The average molecular weight is 396 g/mol. The minimum atomic E-state index is -0.738. The highest BCUT2D eigenvalue weighted by Crippen LogP contribution is 2.44. The Morgan fingerprint density at radius 1 is 1.21 bits per heavy atom. The van der Waals surface area contributed by atoms with Gasteiger partial charge in [-0.3, -0.25) is 24.7 Å². The highest BCUT2D eigenvalue weighted by molar-refractivity contribution is 6.08. The first-order valence-electron chi connectivity index (χ1n) is 10.2. The lowest BCUT2D eigenvalue weighted by atomic mass is 9.71. The molecule has 1 unspecified atom stereocenters. The molecule has 0 spiro atoms. The Balaban J connectivity index is 1.78. The van der Waals surface area contributed by atoms with Gasteiger partial charge in [-0.2, -0.15) is 0 Å². The molecule has 1 aromatic carbocycles. The molecule has 0 N–H and O–H groups in total. The third-order valence-electron chi connectivity index (χ3n) is 6.11. The van der Waals surface area contributed by atoms with Crippen LogP contribution >= 0.6 is 0 Å². The van der Waals surface area contributed by atoms with Gasteiger partial charge in [-0.15, -0.1) is 0 Å². The quantitative estimate of drug-likeness (QED) is 0.430. The van der Waals surface area contributed by atoms with E-state index in [4.69, 9.17) is 4.74 Å². The van der Waals surface area contributed by atoms with Gasteiger partial charge >= 0.3 is 5.97 Å². The fourth-order valence-corrected chi connectivity index (χ4v) is 4.75. The van der Waals surface area contributed by atoms with Gasteiger partial charge in [0, 0.05) is 41.5 Å². The van der Waals surface area contributed by atoms with Crippen LogP contribution in [0.5, 0.6) is 0 Å². The molecule has 29 heavy (non-hydrogen) atoms. The van der Waals surface area contributed by atoms with Crippen molar-refractivity contribution in [2.75, 3.05) is 0 Å². The predicted molar refractivity (Wildman–Crippen MR) is 107 cm³/mol. The fourth-order valence-electron chi connectivity index (χ4n) is 4.75. The van der Waals surface area contributed by atoms with Crippen LogP contribution < -0.4 is 0 Å². The monoisotopic (exact) mass is 396 g/mol. The second-order valence-corrected chi connectivity index (χ2v) is 8.04. The van der Waals surface area contributed by atoms with Crippen LogP contribution in [0.25, 0.3) is 0 Å². The van der Waals surface area contributed by atoms with E-state index in [0.717, 1.165) is 32.1 Å². The van der Waals surface area contributed by atoms with Gasteiger partial charge in [0.2, 0.25) is 0 Å². The standard InChI is InChI=1S/C22H24N2O5/c1-13-19(22(26)29-16-8-2-3-9-16)20(14-6-4-7-15(12-14)24(27)28)21-17(23-13)10-5-11-18(21)25/h4,6-7,12,16,19-20H,2-3,5,8-11H2,1H3/t19?,20-/m1/s1. The molecule has 7 nitrogen and oxygen atoms in total. The number of allylic oxidation sites excluding steroid dienone is 2. The number of nitro benzene ring substituents is 1. The molecule has 0 amide bonds. The molecule has 0 saturated heterocycles. The van der Waals surface area contributed by atoms with Gasteiger partial charge in [-0.1, -0.05) is 12.1 Å². The van der Waals surface area contributed by atoms with Crippen molar-refractivity contribution >= 4 is 23.2 Å². The Kier molecular flexibility index (Phi) is 5.30. The van der Waals surface area contributed by atoms with Gasteiger partial charge in [0.1, 0.15) is 12.0 Å². The number of hydrogen-bond acceptors (Lipinski definition) is 6. The summed E-state index contributed by atoms with van der Waals surface area (Å²) in [4.78, 5) is 41.5. The minimum absolute atomic E-state index is 0.0299. The molecule has 152 valence electrons. The normalized spacial score (nSPS) is 24.9. The lowest BCUT2D eigenvalue weighted by Gasteiger charge is -2.34. The van der Waals surface area contributed by atoms with Crippen LogP contribution in [0.4, 0.5) is 5.69 Å². The van der Waals surface area contributed by atoms with Crippen LogP contribution in [0.15, 0.2) is 40.5 Å². The number of Topliss-reactive ketones (excluding diaryl/α,β-unsaturated/α-hetero) is 1. The number of aliphatic imine (C=N–C) groups is 1. The summed E-state index contributed by atoms with van der Waals surface area (Å²) in [6.07, 6.45) is 5.49. The van der Waals surface area contributed by atoms with Crippen LogP contribution in [0, 0.1) is 16.0 Å². The van der Waals surface area contributed by atoms with Crippen molar-refractivity contribution in [1.82, 2.24) is 0 Å². The lowest BCUT2D eigenvalue weighted by Crippen LogP contribution is -2.38. The van der Waals surface area contributed by atoms with E-state index in [1.807, 2.05) is 0 Å². The third-order valence-corrected chi connectivity index (χ3v) is 6.11. The number of nitro groups is 1. The Morgan fingerprint density at radius 3 is 2.69 bits per heavy atom. The van der Waals surface area contributed by atoms with Gasteiger partial charge in [0.15, 0.2) is 5.78 Å². The Morgan fingerprint density at radius 2 is 1.97 bits per heavy atom. The number of carbonyl (C=O) groups is 2. The van der Waals surface area contributed by atoms with Crippen LogP contribution in [0.2, 0.25) is 0 Å². The van der Waals surface area contributed by atoms with Crippen molar-refractivity contribution < 1.29 is 19.2 Å². The SMILES string of the molecule is CC1=NC2=C(C(=O)CCC2)[C@H](c2cccc([N+](=O)[O-])c2)C1C(=O)OC1CCCC1. The third kappa shape index (κ3) is 3.73. The zero-order valence-corrected chi connectivity index (χ0v) is 16.4. The fraction of sp³-hybridized carbons (Fsp3) is 0.500. The van der Waals surface area contributed by atoms with E-state index in [9.17, 15) is 19.7 Å². The van der Waals surface area contributed by atoms with Crippen molar-refractivity contribution in [3.63, 3.8) is 0 Å². The predicted octanol–water partition coefficient (Wildman–Crippen LogP) is 4.26. The van der Waals surface area contributed by atoms with Crippen molar-refractivity contribution in [3.05, 3.63) is 51.2 Å². The van der Waals surface area contributed by atoms with E-state index >= 15 is 0 Å². The molecule has 1 aliphatic heterocycles. The van der Waals surface area contributed by atoms with E-state index in [1.54, 1.807) is 19.1 Å². The summed E-state index contributed by atoms with van der Waals surface area (Å²) >= 11 is 0. The smallest absolute Gasteiger partial charge is 0.315 e. The summed E-state index contributed by atoms with van der Waals surface area (Å²) < 4.78 is 5.78. The number of esters is 1. The summed E-state index contributed by atoms with van der Waals surface area (Å²) in [6.45, 7) is 1.79. The Labute approximate surface area is 169 Å². The number of ether oxygens (including phenoxy) is 1. The summed E-state index contributed by atoms with van der Waals surface area (Å²) in [6, 6.07) is 6.23. The van der Waals surface area contributed by atoms with Gasteiger partial charge in [-0.25, -0.2) is 0 Å². The van der Waals surface area contributed by atoms with E-state index < -0.39 is 16.8 Å². The van der Waals surface area contributed by atoms with Crippen LogP contribution in [-0.2, 0) is 14.3 Å². The van der Waals surface area contributed by atoms with Crippen LogP contribution in [0.1, 0.15) is 63.4 Å². The molecule has 1 fully saturated rings. The minimum Gasteiger partial charge on any atom is -0.462 e. The highest BCUT2D eigenvalue weighted by atomic mass is 16.6. The molecule has 0 aromatic heterocycles. The highest BCUT2D eigenvalue weighted by Gasteiger charge is 2.44. The molecule has 4 rings (SSSR count). The topological polar surface area (TPSA) is 98.9 Å². The molecular weight excluding hydrogens is 372 g/mol. The first-order chi connectivity index (χ1) is 14.0. The zero-order valence-electron chi connectivity index (χ0n) is 16.4. The summed E-state index contributed by atoms with van der Waals surface area (Å²) in [5.41, 5.74) is 2.37. The van der Waals surface area contributed by atoms with Crippen molar-refractivity contribution in [3.8, 4) is 0 Å².